The predicted molar refractivity (Wildman–Crippen MR) is 99.8 cm³/mol. The van der Waals surface area contributed by atoms with Crippen molar-refractivity contribution >= 4 is 45.3 Å². The summed E-state index contributed by atoms with van der Waals surface area (Å²) in [6.07, 6.45) is 0.660. The van der Waals surface area contributed by atoms with Gasteiger partial charge in [0.05, 0.1) is 5.69 Å². The number of nitrogens with one attached hydrogen (secondary N) is 2. The third kappa shape index (κ3) is 3.06. The van der Waals surface area contributed by atoms with Gasteiger partial charge in [-0.2, -0.15) is 0 Å². The fraction of sp³-hybridized carbons (Fsp3) is 0.176. The van der Waals surface area contributed by atoms with Crippen LogP contribution in [0, 0.1) is 0 Å². The van der Waals surface area contributed by atoms with E-state index < -0.39 is 17.4 Å². The smallest absolute Gasteiger partial charge is 0.280 e. The average molecular weight is 386 g/mol. The van der Waals surface area contributed by atoms with Gasteiger partial charge in [-0.3, -0.25) is 14.9 Å². The number of amides is 2. The van der Waals surface area contributed by atoms with Crippen LogP contribution in [0.15, 0.2) is 41.8 Å². The Kier molecular flexibility index (Phi) is 4.17. The van der Waals surface area contributed by atoms with Crippen molar-refractivity contribution in [3.8, 4) is 5.75 Å². The number of carbonyl (C=O) groups excluding carboxylic acids is 2. The molecule has 3 aromatic rings. The van der Waals surface area contributed by atoms with E-state index in [2.05, 4.69) is 20.8 Å². The summed E-state index contributed by atoms with van der Waals surface area (Å²) < 4.78 is 5.69. The van der Waals surface area contributed by atoms with Gasteiger partial charge in [-0.1, -0.05) is 29.5 Å². The van der Waals surface area contributed by atoms with Gasteiger partial charge in [-0.15, -0.1) is 21.5 Å². The summed E-state index contributed by atoms with van der Waals surface area (Å²) in [6, 6.07) is 11.0. The molecule has 0 radical (unpaired) electrons. The predicted octanol–water partition coefficient (Wildman–Crippen LogP) is 2.92. The van der Waals surface area contributed by atoms with Gasteiger partial charge in [0.25, 0.3) is 17.4 Å². The van der Waals surface area contributed by atoms with Gasteiger partial charge in [-0.05, 0) is 30.5 Å². The molecule has 1 aromatic carbocycles. The maximum absolute atomic E-state index is 12.7. The highest BCUT2D eigenvalue weighted by Gasteiger charge is 2.47. The van der Waals surface area contributed by atoms with E-state index in [1.807, 2.05) is 17.5 Å². The van der Waals surface area contributed by atoms with Gasteiger partial charge in [-0.25, -0.2) is 0 Å². The number of aromatic nitrogens is 2. The molecule has 0 fully saturated rings. The van der Waals surface area contributed by atoms with Gasteiger partial charge in [0, 0.05) is 11.3 Å². The molecule has 9 heteroatoms. The molecule has 0 aliphatic carbocycles. The van der Waals surface area contributed by atoms with Crippen LogP contribution in [0.1, 0.15) is 16.8 Å². The standard InChI is InChI=1S/C17H14N4O3S2/c1-17(14(22)18-11-6-2-3-7-12(11)24-17)15(23)19-16-21-20-13(26-16)9-10-5-4-8-25-10/h2-8H,9H2,1H3,(H,18,22)(H,19,21,23). The van der Waals surface area contributed by atoms with Crippen LogP contribution in [0.3, 0.4) is 0 Å². The van der Waals surface area contributed by atoms with Crippen LogP contribution < -0.4 is 15.4 Å². The first-order valence-corrected chi connectivity index (χ1v) is 9.50. The van der Waals surface area contributed by atoms with Gasteiger partial charge < -0.3 is 10.1 Å². The third-order valence-electron chi connectivity index (χ3n) is 3.91. The van der Waals surface area contributed by atoms with Crippen molar-refractivity contribution in [1.29, 1.82) is 0 Å². The molecular weight excluding hydrogens is 372 g/mol. The lowest BCUT2D eigenvalue weighted by molar-refractivity contribution is -0.143. The second-order valence-corrected chi connectivity index (χ2v) is 7.89. The first kappa shape index (κ1) is 16.7. The lowest BCUT2D eigenvalue weighted by Crippen LogP contribution is -2.56. The summed E-state index contributed by atoms with van der Waals surface area (Å²) in [5.74, 6) is -0.680. The largest absolute Gasteiger partial charge is 0.466 e. The quantitative estimate of drug-likeness (QED) is 0.673. The van der Waals surface area contributed by atoms with Crippen molar-refractivity contribution < 1.29 is 14.3 Å². The van der Waals surface area contributed by atoms with Crippen molar-refractivity contribution in [3.63, 3.8) is 0 Å². The molecule has 0 saturated carbocycles. The van der Waals surface area contributed by atoms with Gasteiger partial charge in [0.15, 0.2) is 0 Å². The number of ether oxygens (including phenoxy) is 1. The van der Waals surface area contributed by atoms with Crippen molar-refractivity contribution in [1.82, 2.24) is 10.2 Å². The minimum atomic E-state index is -1.69. The molecule has 0 bridgehead atoms. The van der Waals surface area contributed by atoms with E-state index in [4.69, 9.17) is 4.74 Å². The molecule has 1 unspecified atom stereocenters. The Morgan fingerprint density at radius 3 is 2.92 bits per heavy atom. The highest BCUT2D eigenvalue weighted by molar-refractivity contribution is 7.15. The van der Waals surface area contributed by atoms with Crippen LogP contribution in [0.25, 0.3) is 0 Å². The molecule has 0 spiro atoms. The van der Waals surface area contributed by atoms with Crippen LogP contribution >= 0.6 is 22.7 Å². The fourth-order valence-electron chi connectivity index (χ4n) is 2.47. The molecule has 1 atom stereocenters. The second kappa shape index (κ2) is 6.50. The molecule has 1 aliphatic rings. The SMILES string of the molecule is CC1(C(=O)Nc2nnc(Cc3cccs3)s2)Oc2ccccc2NC1=O. The Hall–Kier alpha value is -2.78. The molecule has 26 heavy (non-hydrogen) atoms. The van der Waals surface area contributed by atoms with Gasteiger partial charge in [0.2, 0.25) is 5.13 Å². The number of hydrogen-bond acceptors (Lipinski definition) is 7. The molecule has 7 nitrogen and oxygen atoms in total. The number of nitrogens with zero attached hydrogens (tertiary/aromatic N) is 2. The summed E-state index contributed by atoms with van der Waals surface area (Å²) >= 11 is 2.91. The van der Waals surface area contributed by atoms with Crippen molar-refractivity contribution in [2.24, 2.45) is 0 Å². The zero-order chi connectivity index (χ0) is 18.1. The van der Waals surface area contributed by atoms with Gasteiger partial charge in [0.1, 0.15) is 10.8 Å². The average Bonchev–Trinajstić information content (AvgIpc) is 3.28. The molecule has 2 aromatic heterocycles. The Morgan fingerprint density at radius 2 is 2.12 bits per heavy atom. The van der Waals surface area contributed by atoms with Crippen molar-refractivity contribution in [2.45, 2.75) is 18.9 Å². The van der Waals surface area contributed by atoms with Crippen LogP contribution in [-0.2, 0) is 16.0 Å². The number of carbonyl (C=O) groups is 2. The topological polar surface area (TPSA) is 93.2 Å². The first-order valence-electron chi connectivity index (χ1n) is 7.80. The number of hydrogen-bond donors (Lipinski definition) is 2. The van der Waals surface area contributed by atoms with E-state index >= 15 is 0 Å². The monoisotopic (exact) mass is 386 g/mol. The van der Waals surface area contributed by atoms with Crippen molar-refractivity contribution in [3.05, 3.63) is 51.7 Å². The first-order chi connectivity index (χ1) is 12.5. The maximum atomic E-state index is 12.7. The Balaban J connectivity index is 1.49. The summed E-state index contributed by atoms with van der Waals surface area (Å²) in [5.41, 5.74) is -1.15. The molecule has 3 heterocycles. The lowest BCUT2D eigenvalue weighted by Gasteiger charge is -2.32. The summed E-state index contributed by atoms with van der Waals surface area (Å²) in [6.45, 7) is 1.43. The van der Waals surface area contributed by atoms with Crippen molar-refractivity contribution in [2.75, 3.05) is 10.6 Å². The Morgan fingerprint density at radius 1 is 1.27 bits per heavy atom. The summed E-state index contributed by atoms with van der Waals surface area (Å²) in [7, 11) is 0. The van der Waals surface area contributed by atoms with E-state index in [0.717, 1.165) is 9.88 Å². The fourth-order valence-corrected chi connectivity index (χ4v) is 4.03. The zero-order valence-electron chi connectivity index (χ0n) is 13.7. The molecule has 4 rings (SSSR count). The molecule has 1 aliphatic heterocycles. The van der Waals surface area contributed by atoms with Gasteiger partial charge >= 0.3 is 0 Å². The van der Waals surface area contributed by atoms with E-state index in [1.165, 1.54) is 18.3 Å². The van der Waals surface area contributed by atoms with E-state index in [9.17, 15) is 9.59 Å². The zero-order valence-corrected chi connectivity index (χ0v) is 15.3. The minimum Gasteiger partial charge on any atom is -0.466 e. The van der Waals surface area contributed by atoms with Crippen LogP contribution in [0.5, 0.6) is 5.75 Å². The maximum Gasteiger partial charge on any atom is 0.280 e. The molecule has 2 amide bonds. The normalized spacial score (nSPS) is 18.6. The number of fused-ring (bicyclic) bond motifs is 1. The number of benzene rings is 1. The Labute approximate surface area is 157 Å². The van der Waals surface area contributed by atoms with E-state index in [0.29, 0.717) is 23.0 Å². The molecular formula is C17H14N4O3S2. The lowest BCUT2D eigenvalue weighted by atomic mass is 10.0. The third-order valence-corrected chi connectivity index (χ3v) is 5.62. The second-order valence-electron chi connectivity index (χ2n) is 5.80. The number of thiophene rings is 1. The van der Waals surface area contributed by atoms with Crippen LogP contribution in [-0.4, -0.2) is 27.6 Å². The van der Waals surface area contributed by atoms with Crippen LogP contribution in [0.4, 0.5) is 10.8 Å². The number of anilines is 2. The molecule has 2 N–H and O–H groups in total. The number of rotatable bonds is 4. The number of para-hydroxylation sites is 2. The van der Waals surface area contributed by atoms with Crippen LogP contribution in [0.2, 0.25) is 0 Å². The summed E-state index contributed by atoms with van der Waals surface area (Å²) in [4.78, 5) is 26.2. The molecule has 0 saturated heterocycles. The highest BCUT2D eigenvalue weighted by atomic mass is 32.1. The highest BCUT2D eigenvalue weighted by Crippen LogP contribution is 2.34. The van der Waals surface area contributed by atoms with E-state index in [1.54, 1.807) is 35.6 Å². The Bertz CT molecular complexity index is 970. The summed E-state index contributed by atoms with van der Waals surface area (Å²) in [5, 5.41) is 16.5. The van der Waals surface area contributed by atoms with E-state index in [-0.39, 0.29) is 0 Å². The minimum absolute atomic E-state index is 0.332. The molecule has 132 valence electrons.